The number of ether oxygens (including phenoxy) is 1. The highest BCUT2D eigenvalue weighted by Gasteiger charge is 2.21. The summed E-state index contributed by atoms with van der Waals surface area (Å²) in [4.78, 5) is 21.9. The number of hydrogen-bond acceptors (Lipinski definition) is 6. The predicted molar refractivity (Wildman–Crippen MR) is 109 cm³/mol. The van der Waals surface area contributed by atoms with Crippen LogP contribution in [-0.2, 0) is 9.53 Å². The highest BCUT2D eigenvalue weighted by molar-refractivity contribution is 8.00. The Morgan fingerprint density at radius 3 is 2.65 bits per heavy atom. The molecule has 0 spiro atoms. The number of rotatable bonds is 6. The number of carbonyl (C=O) groups excluding carboxylic acids is 1. The molecule has 0 aliphatic heterocycles. The van der Waals surface area contributed by atoms with E-state index in [0.717, 1.165) is 26.4 Å². The van der Waals surface area contributed by atoms with Crippen molar-refractivity contribution in [3.8, 4) is 11.1 Å². The number of aromatic nitrogens is 2. The largest absolute Gasteiger partial charge is 0.465 e. The zero-order valence-corrected chi connectivity index (χ0v) is 17.1. The lowest BCUT2D eigenvalue weighted by atomic mass is 10.1. The Kier molecular flexibility index (Phi) is 6.16. The molecule has 0 bridgehead atoms. The van der Waals surface area contributed by atoms with Crippen LogP contribution in [0.4, 0.5) is 0 Å². The van der Waals surface area contributed by atoms with Crippen LogP contribution in [0.1, 0.15) is 20.8 Å². The third-order valence-electron chi connectivity index (χ3n) is 3.67. The van der Waals surface area contributed by atoms with Gasteiger partial charge in [0.25, 0.3) is 0 Å². The van der Waals surface area contributed by atoms with E-state index in [1.54, 1.807) is 17.7 Å². The number of fused-ring (bicyclic) bond motifs is 1. The van der Waals surface area contributed by atoms with Crippen LogP contribution >= 0.6 is 34.7 Å². The van der Waals surface area contributed by atoms with E-state index >= 15 is 0 Å². The molecule has 136 valence electrons. The molecule has 26 heavy (non-hydrogen) atoms. The summed E-state index contributed by atoms with van der Waals surface area (Å²) in [6.45, 7) is 6.30. The SMILES string of the molecule is CC(C)COC(=O)C(C)Sc1ncnc2scc(-c3ccc(Cl)cc3)c12. The molecule has 1 aromatic carbocycles. The molecule has 0 saturated heterocycles. The van der Waals surface area contributed by atoms with E-state index < -0.39 is 0 Å². The average Bonchev–Trinajstić information content (AvgIpc) is 3.05. The first-order chi connectivity index (χ1) is 12.5. The van der Waals surface area contributed by atoms with E-state index in [2.05, 4.69) is 15.3 Å². The predicted octanol–water partition coefficient (Wildman–Crippen LogP) is 5.69. The van der Waals surface area contributed by atoms with Crippen molar-refractivity contribution in [3.05, 3.63) is 41.0 Å². The number of carbonyl (C=O) groups is 1. The molecule has 0 fully saturated rings. The van der Waals surface area contributed by atoms with Gasteiger partial charge in [-0.3, -0.25) is 4.79 Å². The Bertz CT molecular complexity index is 910. The minimum absolute atomic E-state index is 0.223. The molecule has 7 heteroatoms. The topological polar surface area (TPSA) is 52.1 Å². The second-order valence-corrected chi connectivity index (χ2v) is 8.92. The fourth-order valence-electron chi connectivity index (χ4n) is 2.36. The van der Waals surface area contributed by atoms with Crippen LogP contribution in [0.2, 0.25) is 5.02 Å². The molecule has 3 rings (SSSR count). The second-order valence-electron chi connectivity index (χ2n) is 6.30. The third kappa shape index (κ3) is 4.37. The van der Waals surface area contributed by atoms with Crippen molar-refractivity contribution < 1.29 is 9.53 Å². The van der Waals surface area contributed by atoms with Crippen LogP contribution < -0.4 is 0 Å². The Morgan fingerprint density at radius 1 is 1.23 bits per heavy atom. The number of hydrogen-bond donors (Lipinski definition) is 0. The van der Waals surface area contributed by atoms with Crippen LogP contribution in [0.15, 0.2) is 41.0 Å². The Balaban J connectivity index is 1.90. The lowest BCUT2D eigenvalue weighted by molar-refractivity contribution is -0.143. The van der Waals surface area contributed by atoms with Gasteiger partial charge < -0.3 is 4.74 Å². The van der Waals surface area contributed by atoms with Crippen molar-refractivity contribution >= 4 is 50.9 Å². The molecule has 2 heterocycles. The number of esters is 1. The smallest absolute Gasteiger partial charge is 0.319 e. The van der Waals surface area contributed by atoms with Crippen molar-refractivity contribution in [1.82, 2.24) is 9.97 Å². The summed E-state index contributed by atoms with van der Waals surface area (Å²) in [5.41, 5.74) is 2.10. The maximum Gasteiger partial charge on any atom is 0.319 e. The fraction of sp³-hybridized carbons (Fsp3) is 0.316. The third-order valence-corrected chi connectivity index (χ3v) is 5.89. The summed E-state index contributed by atoms with van der Waals surface area (Å²) >= 11 is 8.97. The van der Waals surface area contributed by atoms with Crippen LogP contribution in [0, 0.1) is 5.92 Å². The lowest BCUT2D eigenvalue weighted by Gasteiger charge is -2.13. The molecule has 1 unspecified atom stereocenters. The number of halogens is 1. The van der Waals surface area contributed by atoms with Gasteiger partial charge in [-0.25, -0.2) is 9.97 Å². The van der Waals surface area contributed by atoms with Gasteiger partial charge in [0.2, 0.25) is 0 Å². The molecule has 0 amide bonds. The van der Waals surface area contributed by atoms with E-state index in [0.29, 0.717) is 17.5 Å². The summed E-state index contributed by atoms with van der Waals surface area (Å²) < 4.78 is 5.34. The molecule has 1 atom stereocenters. The van der Waals surface area contributed by atoms with Gasteiger partial charge in [0.1, 0.15) is 21.4 Å². The molecule has 2 aromatic heterocycles. The molecule has 0 N–H and O–H groups in total. The normalized spacial score (nSPS) is 12.5. The van der Waals surface area contributed by atoms with E-state index in [-0.39, 0.29) is 11.2 Å². The Labute approximate surface area is 166 Å². The Morgan fingerprint density at radius 2 is 1.96 bits per heavy atom. The number of benzene rings is 1. The van der Waals surface area contributed by atoms with Crippen molar-refractivity contribution in [3.63, 3.8) is 0 Å². The summed E-state index contributed by atoms with van der Waals surface area (Å²) in [6.07, 6.45) is 1.54. The molecule has 0 radical (unpaired) electrons. The summed E-state index contributed by atoms with van der Waals surface area (Å²) in [7, 11) is 0. The minimum atomic E-state index is -0.343. The highest BCUT2D eigenvalue weighted by atomic mass is 35.5. The standard InChI is InChI=1S/C19H19ClN2O2S2/c1-11(2)8-24-19(23)12(3)26-18-16-15(9-25-17(16)21-10-22-18)13-4-6-14(20)7-5-13/h4-7,9-12H,8H2,1-3H3. The summed E-state index contributed by atoms with van der Waals surface area (Å²) in [5.74, 6) is 0.0917. The van der Waals surface area contributed by atoms with Gasteiger partial charge in [-0.2, -0.15) is 0 Å². The Hall–Kier alpha value is -1.63. The van der Waals surface area contributed by atoms with Crippen molar-refractivity contribution in [2.75, 3.05) is 6.61 Å². The van der Waals surface area contributed by atoms with Gasteiger partial charge in [-0.05, 0) is 30.5 Å². The zero-order chi connectivity index (χ0) is 18.7. The first-order valence-electron chi connectivity index (χ1n) is 8.27. The van der Waals surface area contributed by atoms with Crippen LogP contribution in [0.5, 0.6) is 0 Å². The second kappa shape index (κ2) is 8.37. The maximum absolute atomic E-state index is 12.2. The van der Waals surface area contributed by atoms with Crippen LogP contribution in [-0.4, -0.2) is 27.8 Å². The van der Waals surface area contributed by atoms with E-state index in [1.807, 2.05) is 45.0 Å². The van der Waals surface area contributed by atoms with E-state index in [1.165, 1.54) is 11.8 Å². The zero-order valence-electron chi connectivity index (χ0n) is 14.7. The van der Waals surface area contributed by atoms with Crippen LogP contribution in [0.25, 0.3) is 21.3 Å². The van der Waals surface area contributed by atoms with Gasteiger partial charge in [0.15, 0.2) is 0 Å². The molecule has 0 aliphatic rings. The van der Waals surface area contributed by atoms with E-state index in [9.17, 15) is 4.79 Å². The molecule has 0 aliphatic carbocycles. The highest BCUT2D eigenvalue weighted by Crippen LogP contribution is 2.39. The van der Waals surface area contributed by atoms with Crippen molar-refractivity contribution in [2.45, 2.75) is 31.0 Å². The number of thiophene rings is 1. The maximum atomic E-state index is 12.2. The molecule has 0 saturated carbocycles. The van der Waals surface area contributed by atoms with Crippen molar-refractivity contribution in [1.29, 1.82) is 0 Å². The average molecular weight is 407 g/mol. The van der Waals surface area contributed by atoms with Gasteiger partial charge >= 0.3 is 5.97 Å². The first-order valence-corrected chi connectivity index (χ1v) is 10.4. The lowest BCUT2D eigenvalue weighted by Crippen LogP contribution is -2.19. The van der Waals surface area contributed by atoms with Crippen LogP contribution in [0.3, 0.4) is 0 Å². The van der Waals surface area contributed by atoms with Gasteiger partial charge in [-0.1, -0.05) is 49.3 Å². The van der Waals surface area contributed by atoms with Gasteiger partial charge in [0.05, 0.1) is 12.0 Å². The quantitative estimate of drug-likeness (QED) is 0.299. The fourth-order valence-corrected chi connectivity index (χ4v) is 4.40. The van der Waals surface area contributed by atoms with Gasteiger partial charge in [-0.15, -0.1) is 11.3 Å². The molecule has 3 aromatic rings. The summed E-state index contributed by atoms with van der Waals surface area (Å²) in [6, 6.07) is 7.68. The minimum Gasteiger partial charge on any atom is -0.465 e. The molecular weight excluding hydrogens is 388 g/mol. The molecular formula is C19H19ClN2O2S2. The number of nitrogens with zero attached hydrogens (tertiary/aromatic N) is 2. The molecule has 4 nitrogen and oxygen atoms in total. The number of thioether (sulfide) groups is 1. The van der Waals surface area contributed by atoms with Crippen molar-refractivity contribution in [2.24, 2.45) is 5.92 Å². The van der Waals surface area contributed by atoms with Gasteiger partial charge in [0, 0.05) is 16.0 Å². The summed E-state index contributed by atoms with van der Waals surface area (Å²) in [5, 5.41) is 4.17. The monoisotopic (exact) mass is 406 g/mol. The first kappa shape index (κ1) is 19.1. The van der Waals surface area contributed by atoms with E-state index in [4.69, 9.17) is 16.3 Å².